The number of rotatable bonds is 1. The van der Waals surface area contributed by atoms with Crippen molar-refractivity contribution in [2.45, 2.75) is 32.4 Å². The van der Waals surface area contributed by atoms with Crippen molar-refractivity contribution in [1.82, 2.24) is 9.78 Å². The van der Waals surface area contributed by atoms with E-state index >= 15 is 0 Å². The van der Waals surface area contributed by atoms with Crippen molar-refractivity contribution in [2.24, 2.45) is 0 Å². The fraction of sp³-hybridized carbons (Fsp3) is 0.462. The van der Waals surface area contributed by atoms with Gasteiger partial charge in [0.25, 0.3) is 0 Å². The molecule has 1 fully saturated rings. The number of aromatic nitrogens is 2. The van der Waals surface area contributed by atoms with Crippen molar-refractivity contribution < 1.29 is 9.13 Å². The lowest BCUT2D eigenvalue weighted by Crippen LogP contribution is -2.19. The SMILES string of the molecule is Cc1nn(C2CCCCO2)c2cc(Br)cc(F)c12. The summed E-state index contributed by atoms with van der Waals surface area (Å²) in [6, 6.07) is 3.37. The van der Waals surface area contributed by atoms with Gasteiger partial charge in [-0.25, -0.2) is 9.07 Å². The van der Waals surface area contributed by atoms with Crippen molar-refractivity contribution in [3.63, 3.8) is 0 Å². The molecule has 2 aromatic rings. The minimum Gasteiger partial charge on any atom is -0.356 e. The molecule has 0 aliphatic carbocycles. The van der Waals surface area contributed by atoms with Gasteiger partial charge in [-0.1, -0.05) is 15.9 Å². The molecule has 2 heterocycles. The van der Waals surface area contributed by atoms with Crippen molar-refractivity contribution in [3.05, 3.63) is 28.1 Å². The highest BCUT2D eigenvalue weighted by atomic mass is 79.9. The van der Waals surface area contributed by atoms with Crippen LogP contribution in [0.15, 0.2) is 16.6 Å². The molecule has 0 N–H and O–H groups in total. The van der Waals surface area contributed by atoms with Crippen LogP contribution in [-0.2, 0) is 4.74 Å². The van der Waals surface area contributed by atoms with Crippen LogP contribution < -0.4 is 0 Å². The fourth-order valence-corrected chi connectivity index (χ4v) is 2.92. The number of aryl methyl sites for hydroxylation is 1. The number of benzene rings is 1. The highest BCUT2D eigenvalue weighted by molar-refractivity contribution is 9.10. The Bertz CT molecular complexity index is 590. The van der Waals surface area contributed by atoms with E-state index in [-0.39, 0.29) is 12.0 Å². The van der Waals surface area contributed by atoms with Crippen LogP contribution in [-0.4, -0.2) is 16.4 Å². The molecular weight excluding hydrogens is 299 g/mol. The van der Waals surface area contributed by atoms with Gasteiger partial charge in [0, 0.05) is 11.1 Å². The minimum absolute atomic E-state index is 0.0661. The maximum atomic E-state index is 14.0. The predicted molar refractivity (Wildman–Crippen MR) is 71.0 cm³/mol. The Morgan fingerprint density at radius 2 is 2.28 bits per heavy atom. The predicted octanol–water partition coefficient (Wildman–Crippen LogP) is 3.95. The second-order valence-corrected chi connectivity index (χ2v) is 5.55. The van der Waals surface area contributed by atoms with Gasteiger partial charge in [-0.2, -0.15) is 5.10 Å². The third kappa shape index (κ3) is 1.95. The van der Waals surface area contributed by atoms with Gasteiger partial charge in [0.05, 0.1) is 16.6 Å². The van der Waals surface area contributed by atoms with E-state index in [2.05, 4.69) is 21.0 Å². The second kappa shape index (κ2) is 4.63. The summed E-state index contributed by atoms with van der Waals surface area (Å²) in [4.78, 5) is 0. The monoisotopic (exact) mass is 312 g/mol. The average Bonchev–Trinajstić information content (AvgIpc) is 2.67. The maximum Gasteiger partial charge on any atom is 0.150 e. The molecule has 0 saturated carbocycles. The van der Waals surface area contributed by atoms with Gasteiger partial charge in [0.2, 0.25) is 0 Å². The number of ether oxygens (including phenoxy) is 1. The van der Waals surface area contributed by atoms with Gasteiger partial charge in [0.1, 0.15) is 5.82 Å². The van der Waals surface area contributed by atoms with Gasteiger partial charge in [0.15, 0.2) is 6.23 Å². The molecule has 1 atom stereocenters. The summed E-state index contributed by atoms with van der Waals surface area (Å²) < 4.78 is 22.2. The maximum absolute atomic E-state index is 14.0. The van der Waals surface area contributed by atoms with Crippen LogP contribution in [0, 0.1) is 12.7 Å². The molecule has 1 aromatic heterocycles. The molecule has 3 rings (SSSR count). The van der Waals surface area contributed by atoms with Crippen LogP contribution in [0.4, 0.5) is 4.39 Å². The molecule has 1 aromatic carbocycles. The third-order valence-corrected chi connectivity index (χ3v) is 3.79. The summed E-state index contributed by atoms with van der Waals surface area (Å²) in [7, 11) is 0. The summed E-state index contributed by atoms with van der Waals surface area (Å²) >= 11 is 3.33. The molecule has 1 aliphatic heterocycles. The fourth-order valence-electron chi connectivity index (χ4n) is 2.50. The summed E-state index contributed by atoms with van der Waals surface area (Å²) in [5.41, 5.74) is 1.51. The quantitative estimate of drug-likeness (QED) is 0.797. The molecule has 1 aliphatic rings. The normalized spacial score (nSPS) is 20.5. The van der Waals surface area contributed by atoms with Gasteiger partial charge < -0.3 is 4.74 Å². The zero-order chi connectivity index (χ0) is 12.7. The van der Waals surface area contributed by atoms with Gasteiger partial charge >= 0.3 is 0 Å². The van der Waals surface area contributed by atoms with E-state index in [0.29, 0.717) is 11.1 Å². The molecule has 3 nitrogen and oxygen atoms in total. The molecule has 1 saturated heterocycles. The Morgan fingerprint density at radius 3 is 3.00 bits per heavy atom. The lowest BCUT2D eigenvalue weighted by atomic mass is 10.1. The molecule has 0 bridgehead atoms. The molecule has 0 radical (unpaired) electrons. The Morgan fingerprint density at radius 1 is 1.44 bits per heavy atom. The Hall–Kier alpha value is -0.940. The smallest absolute Gasteiger partial charge is 0.150 e. The lowest BCUT2D eigenvalue weighted by Gasteiger charge is -2.23. The number of nitrogens with zero attached hydrogens (tertiary/aromatic N) is 2. The Labute approximate surface area is 113 Å². The second-order valence-electron chi connectivity index (χ2n) is 4.63. The van der Waals surface area contributed by atoms with Crippen molar-refractivity contribution in [2.75, 3.05) is 6.61 Å². The van der Waals surface area contributed by atoms with Crippen molar-refractivity contribution in [3.8, 4) is 0 Å². The molecular formula is C13H14BrFN2O. The highest BCUT2D eigenvalue weighted by Crippen LogP contribution is 2.31. The molecule has 1 unspecified atom stereocenters. The van der Waals surface area contributed by atoms with Crippen LogP contribution in [0.3, 0.4) is 0 Å². The highest BCUT2D eigenvalue weighted by Gasteiger charge is 2.21. The number of hydrogen-bond acceptors (Lipinski definition) is 2. The number of fused-ring (bicyclic) bond motifs is 1. The minimum atomic E-state index is -0.237. The lowest BCUT2D eigenvalue weighted by molar-refractivity contribution is -0.0368. The zero-order valence-corrected chi connectivity index (χ0v) is 11.7. The molecule has 96 valence electrons. The van der Waals surface area contributed by atoms with E-state index in [9.17, 15) is 4.39 Å². The van der Waals surface area contributed by atoms with Crippen molar-refractivity contribution >= 4 is 26.8 Å². The van der Waals surface area contributed by atoms with E-state index < -0.39 is 0 Å². The van der Waals surface area contributed by atoms with Crippen LogP contribution >= 0.6 is 15.9 Å². The first-order valence-electron chi connectivity index (χ1n) is 6.12. The molecule has 0 spiro atoms. The summed E-state index contributed by atoms with van der Waals surface area (Å²) in [6.07, 6.45) is 3.09. The van der Waals surface area contributed by atoms with Crippen LogP contribution in [0.25, 0.3) is 10.9 Å². The molecule has 18 heavy (non-hydrogen) atoms. The average molecular weight is 313 g/mol. The number of halogens is 2. The van der Waals surface area contributed by atoms with E-state index in [0.717, 1.165) is 35.9 Å². The van der Waals surface area contributed by atoms with E-state index in [4.69, 9.17) is 4.74 Å². The largest absolute Gasteiger partial charge is 0.356 e. The Kier molecular flexibility index (Phi) is 3.11. The Balaban J connectivity index is 2.17. The van der Waals surface area contributed by atoms with Crippen LogP contribution in [0.5, 0.6) is 0 Å². The summed E-state index contributed by atoms with van der Waals surface area (Å²) in [6.45, 7) is 2.58. The van der Waals surface area contributed by atoms with Crippen LogP contribution in [0.2, 0.25) is 0 Å². The van der Waals surface area contributed by atoms with Gasteiger partial charge in [-0.3, -0.25) is 0 Å². The summed E-state index contributed by atoms with van der Waals surface area (Å²) in [5, 5.41) is 5.04. The third-order valence-electron chi connectivity index (χ3n) is 3.33. The van der Waals surface area contributed by atoms with Gasteiger partial charge in [-0.15, -0.1) is 0 Å². The van der Waals surface area contributed by atoms with Crippen molar-refractivity contribution in [1.29, 1.82) is 0 Å². The van der Waals surface area contributed by atoms with Gasteiger partial charge in [-0.05, 0) is 38.3 Å². The molecule has 5 heteroatoms. The van der Waals surface area contributed by atoms with E-state index in [1.54, 1.807) is 0 Å². The number of hydrogen-bond donors (Lipinski definition) is 0. The van der Waals surface area contributed by atoms with E-state index in [1.807, 2.05) is 17.7 Å². The zero-order valence-electron chi connectivity index (χ0n) is 10.1. The topological polar surface area (TPSA) is 27.1 Å². The first kappa shape index (κ1) is 12.1. The standard InChI is InChI=1S/C13H14BrFN2O/c1-8-13-10(15)6-9(14)7-11(13)17(16-8)12-4-2-3-5-18-12/h6-7,12H,2-5H2,1H3. The molecule has 0 amide bonds. The summed E-state index contributed by atoms with van der Waals surface area (Å²) in [5.74, 6) is -0.237. The van der Waals surface area contributed by atoms with Crippen LogP contribution in [0.1, 0.15) is 31.2 Å². The first-order valence-corrected chi connectivity index (χ1v) is 6.91. The van der Waals surface area contributed by atoms with E-state index in [1.165, 1.54) is 6.07 Å². The first-order chi connectivity index (χ1) is 8.66.